The summed E-state index contributed by atoms with van der Waals surface area (Å²) >= 11 is 0. The van der Waals surface area contributed by atoms with Crippen molar-refractivity contribution < 1.29 is 4.79 Å². The van der Waals surface area contributed by atoms with E-state index < -0.39 is 0 Å². The van der Waals surface area contributed by atoms with E-state index in [4.69, 9.17) is 5.26 Å². The Morgan fingerprint density at radius 3 is 2.53 bits per heavy atom. The van der Waals surface area contributed by atoms with Gasteiger partial charge in [0, 0.05) is 38.9 Å². The summed E-state index contributed by atoms with van der Waals surface area (Å²) in [4.78, 5) is 16.1. The third-order valence-corrected chi connectivity index (χ3v) is 3.25. The average molecular weight is 264 g/mol. The lowest BCUT2D eigenvalue weighted by molar-refractivity contribution is -0.128. The first kappa shape index (κ1) is 15.5. The number of nitriles is 1. The highest BCUT2D eigenvalue weighted by molar-refractivity contribution is 5.97. The maximum Gasteiger partial charge on any atom is 0.266 e. The van der Waals surface area contributed by atoms with E-state index >= 15 is 0 Å². The van der Waals surface area contributed by atoms with Crippen molar-refractivity contribution in [3.05, 3.63) is 11.8 Å². The Balaban J connectivity index is 2.47. The maximum absolute atomic E-state index is 12.1. The van der Waals surface area contributed by atoms with E-state index in [1.54, 1.807) is 11.1 Å². The third kappa shape index (κ3) is 5.31. The lowest BCUT2D eigenvalue weighted by Gasteiger charge is -2.32. The molecule has 0 aromatic rings. The molecule has 0 radical (unpaired) electrons. The molecule has 1 N–H and O–H groups in total. The van der Waals surface area contributed by atoms with Crippen LogP contribution in [0.1, 0.15) is 20.3 Å². The lowest BCUT2D eigenvalue weighted by atomic mass is 10.1. The number of nitrogens with one attached hydrogen (secondary N) is 1. The van der Waals surface area contributed by atoms with Crippen LogP contribution in [0.5, 0.6) is 0 Å². The molecule has 0 aromatic carbocycles. The van der Waals surface area contributed by atoms with E-state index in [0.29, 0.717) is 19.0 Å². The Kier molecular flexibility index (Phi) is 6.37. The van der Waals surface area contributed by atoms with E-state index in [-0.39, 0.29) is 11.5 Å². The van der Waals surface area contributed by atoms with Gasteiger partial charge in [0.05, 0.1) is 0 Å². The smallest absolute Gasteiger partial charge is 0.266 e. The number of rotatable bonds is 5. The van der Waals surface area contributed by atoms with Crippen molar-refractivity contribution in [1.82, 2.24) is 15.1 Å². The van der Waals surface area contributed by atoms with Crippen molar-refractivity contribution in [3.63, 3.8) is 0 Å². The van der Waals surface area contributed by atoms with Crippen molar-refractivity contribution in [2.24, 2.45) is 5.92 Å². The summed E-state index contributed by atoms with van der Waals surface area (Å²) in [6, 6.07) is 1.99. The number of amides is 1. The summed E-state index contributed by atoms with van der Waals surface area (Å²) in [6.07, 6.45) is 2.58. The summed E-state index contributed by atoms with van der Waals surface area (Å²) in [7, 11) is 2.04. The van der Waals surface area contributed by atoms with Crippen molar-refractivity contribution >= 4 is 5.91 Å². The highest BCUT2D eigenvalue weighted by atomic mass is 16.2. The Morgan fingerprint density at radius 2 is 2.00 bits per heavy atom. The molecule has 5 heteroatoms. The number of likely N-dealkylation sites (N-methyl/N-ethyl adjacent to an activating group) is 1. The normalized spacial score (nSPS) is 17.4. The molecule has 0 aromatic heterocycles. The Morgan fingerprint density at radius 1 is 1.37 bits per heavy atom. The average Bonchev–Trinajstić information content (AvgIpc) is 2.39. The zero-order valence-electron chi connectivity index (χ0n) is 12.1. The van der Waals surface area contributed by atoms with Gasteiger partial charge in [0.15, 0.2) is 0 Å². The molecular formula is C14H24N4O. The molecule has 1 fully saturated rings. The van der Waals surface area contributed by atoms with Crippen LogP contribution in [0.25, 0.3) is 0 Å². The predicted molar refractivity (Wildman–Crippen MR) is 75.2 cm³/mol. The van der Waals surface area contributed by atoms with Crippen LogP contribution in [0.3, 0.4) is 0 Å². The molecule has 1 amide bonds. The summed E-state index contributed by atoms with van der Waals surface area (Å²) < 4.78 is 0. The fraction of sp³-hybridized carbons (Fsp3) is 0.714. The Bertz CT molecular complexity index is 362. The zero-order valence-corrected chi connectivity index (χ0v) is 12.1. The number of piperazine rings is 1. The van der Waals surface area contributed by atoms with Crippen LogP contribution in [0, 0.1) is 17.2 Å². The molecule has 1 aliphatic rings. The highest BCUT2D eigenvalue weighted by Crippen LogP contribution is 2.05. The third-order valence-electron chi connectivity index (χ3n) is 3.25. The second kappa shape index (κ2) is 7.80. The molecule has 0 saturated carbocycles. The Hall–Kier alpha value is -1.54. The van der Waals surface area contributed by atoms with Crippen LogP contribution in [0.2, 0.25) is 0 Å². The topological polar surface area (TPSA) is 59.4 Å². The van der Waals surface area contributed by atoms with Crippen LogP contribution in [-0.4, -0.2) is 55.5 Å². The standard InChI is InChI=1S/C14H24N4O/c1-12(2)4-5-16-11-13(10-15)14(19)18-8-6-17(3)7-9-18/h11-12,16H,4-9H2,1-3H3/b13-11-. The summed E-state index contributed by atoms with van der Waals surface area (Å²) in [6.45, 7) is 8.20. The Labute approximate surface area is 115 Å². The number of carbonyl (C=O) groups excluding carboxylic acids is 1. The second-order valence-electron chi connectivity index (χ2n) is 5.40. The van der Waals surface area contributed by atoms with Gasteiger partial charge in [-0.3, -0.25) is 4.79 Å². The van der Waals surface area contributed by atoms with E-state index in [1.165, 1.54) is 0 Å². The van der Waals surface area contributed by atoms with Gasteiger partial charge in [-0.05, 0) is 19.4 Å². The fourth-order valence-corrected chi connectivity index (χ4v) is 1.87. The molecule has 0 bridgehead atoms. The van der Waals surface area contributed by atoms with Crippen molar-refractivity contribution in [2.75, 3.05) is 39.8 Å². The summed E-state index contributed by atoms with van der Waals surface area (Å²) in [5, 5.41) is 12.1. The van der Waals surface area contributed by atoms with E-state index in [2.05, 4.69) is 24.1 Å². The first-order chi connectivity index (χ1) is 9.04. The van der Waals surface area contributed by atoms with E-state index in [1.807, 2.05) is 13.1 Å². The van der Waals surface area contributed by atoms with Gasteiger partial charge in [-0.1, -0.05) is 13.8 Å². The van der Waals surface area contributed by atoms with Crippen LogP contribution in [0.4, 0.5) is 0 Å². The van der Waals surface area contributed by atoms with Gasteiger partial charge in [0.25, 0.3) is 5.91 Å². The van der Waals surface area contributed by atoms with Crippen LogP contribution >= 0.6 is 0 Å². The molecule has 1 aliphatic heterocycles. The lowest BCUT2D eigenvalue weighted by Crippen LogP contribution is -2.47. The van der Waals surface area contributed by atoms with Crippen LogP contribution in [-0.2, 0) is 4.79 Å². The van der Waals surface area contributed by atoms with Crippen molar-refractivity contribution in [2.45, 2.75) is 20.3 Å². The fourth-order valence-electron chi connectivity index (χ4n) is 1.87. The first-order valence-corrected chi connectivity index (χ1v) is 6.86. The van der Waals surface area contributed by atoms with Gasteiger partial charge in [0.1, 0.15) is 11.6 Å². The number of hydrogen-bond acceptors (Lipinski definition) is 4. The highest BCUT2D eigenvalue weighted by Gasteiger charge is 2.21. The second-order valence-corrected chi connectivity index (χ2v) is 5.40. The molecule has 19 heavy (non-hydrogen) atoms. The molecule has 0 unspecified atom stereocenters. The van der Waals surface area contributed by atoms with Gasteiger partial charge in [-0.2, -0.15) is 5.26 Å². The van der Waals surface area contributed by atoms with Crippen molar-refractivity contribution in [3.8, 4) is 6.07 Å². The zero-order chi connectivity index (χ0) is 14.3. The molecular weight excluding hydrogens is 240 g/mol. The van der Waals surface area contributed by atoms with Crippen LogP contribution in [0.15, 0.2) is 11.8 Å². The minimum absolute atomic E-state index is 0.160. The van der Waals surface area contributed by atoms with Gasteiger partial charge in [0.2, 0.25) is 0 Å². The van der Waals surface area contributed by atoms with Gasteiger partial charge >= 0.3 is 0 Å². The van der Waals surface area contributed by atoms with Crippen LogP contribution < -0.4 is 5.32 Å². The summed E-state index contributed by atoms with van der Waals surface area (Å²) in [5.41, 5.74) is 0.202. The maximum atomic E-state index is 12.1. The molecule has 0 aliphatic carbocycles. The van der Waals surface area contributed by atoms with Gasteiger partial charge in [-0.25, -0.2) is 0 Å². The SMILES string of the molecule is CC(C)CCN/C=C(/C#N)C(=O)N1CCN(C)CC1. The molecule has 1 saturated heterocycles. The molecule has 0 spiro atoms. The monoisotopic (exact) mass is 264 g/mol. The molecule has 1 heterocycles. The largest absolute Gasteiger partial charge is 0.390 e. The minimum atomic E-state index is -0.160. The molecule has 106 valence electrons. The van der Waals surface area contributed by atoms with Crippen molar-refractivity contribution in [1.29, 1.82) is 5.26 Å². The minimum Gasteiger partial charge on any atom is -0.390 e. The van der Waals surface area contributed by atoms with Gasteiger partial charge < -0.3 is 15.1 Å². The number of carbonyl (C=O) groups is 1. The molecule has 1 rings (SSSR count). The molecule has 0 atom stereocenters. The molecule has 5 nitrogen and oxygen atoms in total. The first-order valence-electron chi connectivity index (χ1n) is 6.86. The summed E-state index contributed by atoms with van der Waals surface area (Å²) in [5.74, 6) is 0.451. The number of hydrogen-bond donors (Lipinski definition) is 1. The van der Waals surface area contributed by atoms with E-state index in [0.717, 1.165) is 26.1 Å². The quantitative estimate of drug-likeness (QED) is 0.453. The predicted octanol–water partition coefficient (Wildman–Crippen LogP) is 0.804. The van der Waals surface area contributed by atoms with Gasteiger partial charge in [-0.15, -0.1) is 0 Å². The van der Waals surface area contributed by atoms with E-state index in [9.17, 15) is 4.79 Å². The number of nitrogens with zero attached hydrogens (tertiary/aromatic N) is 3.